The van der Waals surface area contributed by atoms with E-state index in [-0.39, 0.29) is 18.5 Å². The summed E-state index contributed by atoms with van der Waals surface area (Å²) >= 11 is 1.53. The molecule has 1 amide bonds. The first-order valence-corrected chi connectivity index (χ1v) is 8.12. The summed E-state index contributed by atoms with van der Waals surface area (Å²) in [7, 11) is 0. The minimum Gasteiger partial charge on any atom is -0.451 e. The first kappa shape index (κ1) is 13.6. The maximum atomic E-state index is 12.0. The van der Waals surface area contributed by atoms with E-state index >= 15 is 0 Å². The van der Waals surface area contributed by atoms with Crippen LogP contribution in [0.4, 0.5) is 0 Å². The SMILES string of the molecule is O=C(COC(=O)c1cc2c(s1)CCCCC2)NC1CC1. The predicted molar refractivity (Wildman–Crippen MR) is 77.0 cm³/mol. The zero-order valence-corrected chi connectivity index (χ0v) is 12.3. The first-order valence-electron chi connectivity index (χ1n) is 7.30. The van der Waals surface area contributed by atoms with E-state index in [0.717, 1.165) is 25.7 Å². The van der Waals surface area contributed by atoms with Gasteiger partial charge in [-0.05, 0) is 50.2 Å². The topological polar surface area (TPSA) is 55.4 Å². The molecule has 0 saturated heterocycles. The van der Waals surface area contributed by atoms with Gasteiger partial charge in [0.1, 0.15) is 4.88 Å². The number of thiophene rings is 1. The number of fused-ring (bicyclic) bond motifs is 1. The largest absolute Gasteiger partial charge is 0.451 e. The summed E-state index contributed by atoms with van der Waals surface area (Å²) in [6.07, 6.45) is 7.86. The molecular weight excluding hydrogens is 274 g/mol. The summed E-state index contributed by atoms with van der Waals surface area (Å²) in [6, 6.07) is 2.26. The normalized spacial score (nSPS) is 18.0. The molecule has 20 heavy (non-hydrogen) atoms. The lowest BCUT2D eigenvalue weighted by molar-refractivity contribution is -0.124. The second-order valence-electron chi connectivity index (χ2n) is 5.54. The van der Waals surface area contributed by atoms with Gasteiger partial charge >= 0.3 is 5.97 Å². The Morgan fingerprint density at radius 1 is 1.25 bits per heavy atom. The molecule has 4 nitrogen and oxygen atoms in total. The highest BCUT2D eigenvalue weighted by Crippen LogP contribution is 2.29. The van der Waals surface area contributed by atoms with Gasteiger partial charge in [0, 0.05) is 10.9 Å². The predicted octanol–water partition coefficient (Wildman–Crippen LogP) is 2.45. The molecular formula is C15H19NO3S. The van der Waals surface area contributed by atoms with Gasteiger partial charge in [-0.1, -0.05) is 6.42 Å². The fourth-order valence-corrected chi connectivity index (χ4v) is 3.61. The molecule has 2 aliphatic rings. The molecule has 0 spiro atoms. The van der Waals surface area contributed by atoms with Gasteiger partial charge in [0.05, 0.1) is 0 Å². The molecule has 0 unspecified atom stereocenters. The van der Waals surface area contributed by atoms with Crippen molar-refractivity contribution in [2.45, 2.75) is 51.0 Å². The Labute approximate surface area is 122 Å². The number of nitrogens with one attached hydrogen (secondary N) is 1. The summed E-state index contributed by atoms with van der Waals surface area (Å²) in [5.41, 5.74) is 1.29. The maximum absolute atomic E-state index is 12.0. The third-order valence-corrected chi connectivity index (χ3v) is 4.94. The molecule has 3 rings (SSSR count). The Morgan fingerprint density at radius 2 is 2.05 bits per heavy atom. The first-order chi connectivity index (χ1) is 9.72. The van der Waals surface area contributed by atoms with Gasteiger partial charge in [-0.3, -0.25) is 4.79 Å². The lowest BCUT2D eigenvalue weighted by atomic mass is 10.1. The highest BCUT2D eigenvalue weighted by molar-refractivity contribution is 7.14. The average Bonchev–Trinajstić information content (AvgIpc) is 3.20. The van der Waals surface area contributed by atoms with Crippen LogP contribution in [-0.4, -0.2) is 24.5 Å². The average molecular weight is 293 g/mol. The quantitative estimate of drug-likeness (QED) is 0.685. The second kappa shape index (κ2) is 5.95. The van der Waals surface area contributed by atoms with E-state index in [9.17, 15) is 9.59 Å². The van der Waals surface area contributed by atoms with E-state index in [1.54, 1.807) is 0 Å². The number of amides is 1. The highest BCUT2D eigenvalue weighted by Gasteiger charge is 2.24. The van der Waals surface area contributed by atoms with Gasteiger partial charge in [0.2, 0.25) is 0 Å². The third kappa shape index (κ3) is 3.39. The number of esters is 1. The Bertz CT molecular complexity index is 496. The van der Waals surface area contributed by atoms with Gasteiger partial charge in [-0.15, -0.1) is 11.3 Å². The number of hydrogen-bond donors (Lipinski definition) is 1. The lowest BCUT2D eigenvalue weighted by Crippen LogP contribution is -2.30. The fraction of sp³-hybridized carbons (Fsp3) is 0.600. The summed E-state index contributed by atoms with van der Waals surface area (Å²) < 4.78 is 5.09. The lowest BCUT2D eigenvalue weighted by Gasteiger charge is -2.04. The number of ether oxygens (including phenoxy) is 1. The van der Waals surface area contributed by atoms with Crippen LogP contribution < -0.4 is 5.32 Å². The van der Waals surface area contributed by atoms with Crippen LogP contribution in [0.1, 0.15) is 52.2 Å². The molecule has 5 heteroatoms. The minimum absolute atomic E-state index is 0.169. The molecule has 0 aromatic carbocycles. The summed E-state index contributed by atoms with van der Waals surface area (Å²) in [5, 5.41) is 2.81. The smallest absolute Gasteiger partial charge is 0.348 e. The summed E-state index contributed by atoms with van der Waals surface area (Å²) in [5.74, 6) is -0.562. The Balaban J connectivity index is 1.55. The van der Waals surface area contributed by atoms with Crippen molar-refractivity contribution in [3.8, 4) is 0 Å². The van der Waals surface area contributed by atoms with Crippen molar-refractivity contribution in [3.63, 3.8) is 0 Å². The van der Waals surface area contributed by atoms with E-state index in [1.165, 1.54) is 41.0 Å². The molecule has 1 aromatic heterocycles. The molecule has 1 fully saturated rings. The van der Waals surface area contributed by atoms with Gasteiger partial charge in [-0.25, -0.2) is 4.79 Å². The second-order valence-corrected chi connectivity index (χ2v) is 6.67. The molecule has 1 saturated carbocycles. The zero-order chi connectivity index (χ0) is 13.9. The molecule has 0 radical (unpaired) electrons. The van der Waals surface area contributed by atoms with Crippen molar-refractivity contribution >= 4 is 23.2 Å². The molecule has 0 bridgehead atoms. The van der Waals surface area contributed by atoms with Crippen molar-refractivity contribution < 1.29 is 14.3 Å². The number of carbonyl (C=O) groups is 2. The van der Waals surface area contributed by atoms with Crippen LogP contribution in [0.25, 0.3) is 0 Å². The number of aryl methyl sites for hydroxylation is 2. The van der Waals surface area contributed by atoms with Crippen LogP contribution in [0.2, 0.25) is 0 Å². The summed E-state index contributed by atoms with van der Waals surface area (Å²) in [4.78, 5) is 25.4. The minimum atomic E-state index is -0.367. The van der Waals surface area contributed by atoms with Crippen molar-refractivity contribution in [2.24, 2.45) is 0 Å². The molecule has 1 heterocycles. The summed E-state index contributed by atoms with van der Waals surface area (Å²) in [6.45, 7) is -0.169. The highest BCUT2D eigenvalue weighted by atomic mass is 32.1. The fourth-order valence-electron chi connectivity index (χ4n) is 2.47. The molecule has 108 valence electrons. The van der Waals surface area contributed by atoms with Crippen LogP contribution in [0.15, 0.2) is 6.07 Å². The van der Waals surface area contributed by atoms with Gasteiger partial charge in [-0.2, -0.15) is 0 Å². The van der Waals surface area contributed by atoms with Crippen molar-refractivity contribution in [1.82, 2.24) is 5.32 Å². The zero-order valence-electron chi connectivity index (χ0n) is 11.4. The Kier molecular flexibility index (Phi) is 4.05. The maximum Gasteiger partial charge on any atom is 0.348 e. The van der Waals surface area contributed by atoms with E-state index in [2.05, 4.69) is 5.32 Å². The molecule has 2 aliphatic carbocycles. The Morgan fingerprint density at radius 3 is 2.85 bits per heavy atom. The van der Waals surface area contributed by atoms with Crippen molar-refractivity contribution in [3.05, 3.63) is 21.4 Å². The van der Waals surface area contributed by atoms with Crippen LogP contribution in [-0.2, 0) is 22.4 Å². The van der Waals surface area contributed by atoms with E-state index in [0.29, 0.717) is 10.9 Å². The number of rotatable bonds is 4. The van der Waals surface area contributed by atoms with E-state index in [1.807, 2.05) is 6.07 Å². The third-order valence-electron chi connectivity index (χ3n) is 3.72. The number of hydrogen-bond acceptors (Lipinski definition) is 4. The molecule has 0 aliphatic heterocycles. The Hall–Kier alpha value is -1.36. The van der Waals surface area contributed by atoms with Gasteiger partial charge in [0.25, 0.3) is 5.91 Å². The van der Waals surface area contributed by atoms with Crippen LogP contribution in [0, 0.1) is 0 Å². The van der Waals surface area contributed by atoms with Crippen LogP contribution in [0.5, 0.6) is 0 Å². The molecule has 0 atom stereocenters. The van der Waals surface area contributed by atoms with Crippen LogP contribution in [0.3, 0.4) is 0 Å². The van der Waals surface area contributed by atoms with Crippen molar-refractivity contribution in [1.29, 1.82) is 0 Å². The van der Waals surface area contributed by atoms with E-state index in [4.69, 9.17) is 4.74 Å². The van der Waals surface area contributed by atoms with E-state index < -0.39 is 0 Å². The van der Waals surface area contributed by atoms with Gasteiger partial charge in [0.15, 0.2) is 6.61 Å². The van der Waals surface area contributed by atoms with Gasteiger partial charge < -0.3 is 10.1 Å². The molecule has 1 N–H and O–H groups in total. The van der Waals surface area contributed by atoms with Crippen LogP contribution >= 0.6 is 11.3 Å². The monoisotopic (exact) mass is 293 g/mol. The van der Waals surface area contributed by atoms with Crippen molar-refractivity contribution in [2.75, 3.05) is 6.61 Å². The molecule has 1 aromatic rings. The number of carbonyl (C=O) groups excluding carboxylic acids is 2. The standard InChI is InChI=1S/C15H19NO3S/c17-14(16-11-6-7-11)9-19-15(18)13-8-10-4-2-1-3-5-12(10)20-13/h8,11H,1-7,9H2,(H,16,17).